The summed E-state index contributed by atoms with van der Waals surface area (Å²) in [6.07, 6.45) is 1.54. The summed E-state index contributed by atoms with van der Waals surface area (Å²) >= 11 is 0. The molecule has 0 aliphatic carbocycles. The molecule has 1 aliphatic rings. The SMILES string of the molecule is COc1ccccc1C(NC(=O)C1CCCN1C(C)=O)c1ccc(C(C)C)cc1. The van der Waals surface area contributed by atoms with E-state index in [4.69, 9.17) is 4.74 Å². The maximum atomic E-state index is 13.1. The first-order valence-corrected chi connectivity index (χ1v) is 10.2. The molecule has 3 rings (SSSR count). The van der Waals surface area contributed by atoms with Gasteiger partial charge in [0.05, 0.1) is 13.2 Å². The number of benzene rings is 2. The Labute approximate surface area is 173 Å². The average Bonchev–Trinajstić information content (AvgIpc) is 3.22. The molecule has 29 heavy (non-hydrogen) atoms. The molecule has 2 aromatic carbocycles. The van der Waals surface area contributed by atoms with Gasteiger partial charge in [-0.25, -0.2) is 0 Å². The monoisotopic (exact) mass is 394 g/mol. The van der Waals surface area contributed by atoms with Crippen molar-refractivity contribution < 1.29 is 14.3 Å². The standard InChI is InChI=1S/C24H30N2O3/c1-16(2)18-11-13-19(14-12-18)23(20-8-5-6-10-22(20)29-4)25-24(28)21-9-7-15-26(21)17(3)27/h5-6,8,10-14,16,21,23H,7,9,15H2,1-4H3,(H,25,28). The van der Waals surface area contributed by atoms with E-state index in [2.05, 4.69) is 43.4 Å². The van der Waals surface area contributed by atoms with Gasteiger partial charge in [0.15, 0.2) is 0 Å². The van der Waals surface area contributed by atoms with Crippen molar-refractivity contribution in [3.63, 3.8) is 0 Å². The van der Waals surface area contributed by atoms with Gasteiger partial charge in [-0.3, -0.25) is 9.59 Å². The van der Waals surface area contributed by atoms with Gasteiger partial charge in [-0.15, -0.1) is 0 Å². The Morgan fingerprint density at radius 1 is 1.07 bits per heavy atom. The first kappa shape index (κ1) is 20.9. The van der Waals surface area contributed by atoms with Gasteiger partial charge in [0.25, 0.3) is 0 Å². The second-order valence-corrected chi connectivity index (χ2v) is 7.88. The predicted octanol–water partition coefficient (Wildman–Crippen LogP) is 4.04. The second kappa shape index (κ2) is 9.12. The number of methoxy groups -OCH3 is 1. The number of carbonyl (C=O) groups is 2. The van der Waals surface area contributed by atoms with E-state index in [1.807, 2.05) is 24.3 Å². The van der Waals surface area contributed by atoms with Crippen LogP contribution in [0.15, 0.2) is 48.5 Å². The second-order valence-electron chi connectivity index (χ2n) is 7.88. The van der Waals surface area contributed by atoms with Crippen LogP contribution in [0.2, 0.25) is 0 Å². The highest BCUT2D eigenvalue weighted by atomic mass is 16.5. The van der Waals surface area contributed by atoms with Gasteiger partial charge in [-0.2, -0.15) is 0 Å². The van der Waals surface area contributed by atoms with Crippen molar-refractivity contribution in [2.45, 2.75) is 51.6 Å². The summed E-state index contributed by atoms with van der Waals surface area (Å²) in [5, 5.41) is 3.19. The number of nitrogens with one attached hydrogen (secondary N) is 1. The van der Waals surface area contributed by atoms with Gasteiger partial charge in [-0.1, -0.05) is 56.3 Å². The van der Waals surface area contributed by atoms with E-state index in [1.54, 1.807) is 12.0 Å². The normalized spacial score (nSPS) is 17.3. The van der Waals surface area contributed by atoms with Crippen molar-refractivity contribution in [2.75, 3.05) is 13.7 Å². The number of likely N-dealkylation sites (tertiary alicyclic amines) is 1. The molecular formula is C24H30N2O3. The van der Waals surface area contributed by atoms with Crippen LogP contribution >= 0.6 is 0 Å². The molecule has 0 radical (unpaired) electrons. The number of nitrogens with zero attached hydrogens (tertiary/aromatic N) is 1. The van der Waals surface area contributed by atoms with Crippen molar-refractivity contribution in [1.29, 1.82) is 0 Å². The molecular weight excluding hydrogens is 364 g/mol. The average molecular weight is 395 g/mol. The number of carbonyl (C=O) groups excluding carboxylic acids is 2. The molecule has 2 unspecified atom stereocenters. The predicted molar refractivity (Wildman–Crippen MR) is 114 cm³/mol. The summed E-state index contributed by atoms with van der Waals surface area (Å²) in [6, 6.07) is 15.3. The molecule has 154 valence electrons. The minimum Gasteiger partial charge on any atom is -0.496 e. The molecule has 1 heterocycles. The highest BCUT2D eigenvalue weighted by Gasteiger charge is 2.34. The van der Waals surface area contributed by atoms with Crippen LogP contribution < -0.4 is 10.1 Å². The van der Waals surface area contributed by atoms with Gasteiger partial charge in [0.2, 0.25) is 11.8 Å². The van der Waals surface area contributed by atoms with Gasteiger partial charge < -0.3 is 15.0 Å². The minimum absolute atomic E-state index is 0.0576. The van der Waals surface area contributed by atoms with Gasteiger partial charge >= 0.3 is 0 Å². The van der Waals surface area contributed by atoms with Gasteiger partial charge in [0, 0.05) is 19.0 Å². The van der Waals surface area contributed by atoms with Crippen LogP contribution in [0.3, 0.4) is 0 Å². The third-order valence-electron chi connectivity index (χ3n) is 5.63. The summed E-state index contributed by atoms with van der Waals surface area (Å²) in [5.74, 6) is 0.978. The molecule has 2 amide bonds. The van der Waals surface area contributed by atoms with Gasteiger partial charge in [-0.05, 0) is 36.0 Å². The number of rotatable bonds is 6. The number of ether oxygens (including phenoxy) is 1. The fraction of sp³-hybridized carbons (Fsp3) is 0.417. The molecule has 0 bridgehead atoms. The quantitative estimate of drug-likeness (QED) is 0.805. The van der Waals surface area contributed by atoms with Crippen LogP contribution in [0.1, 0.15) is 62.3 Å². The van der Waals surface area contributed by atoms with Crippen LogP contribution in [0, 0.1) is 0 Å². The van der Waals surface area contributed by atoms with E-state index in [0.29, 0.717) is 18.9 Å². The Bertz CT molecular complexity index is 861. The molecule has 1 saturated heterocycles. The smallest absolute Gasteiger partial charge is 0.243 e. The van der Waals surface area contributed by atoms with E-state index in [9.17, 15) is 9.59 Å². The highest BCUT2D eigenvalue weighted by Crippen LogP contribution is 2.31. The van der Waals surface area contributed by atoms with Crippen LogP contribution in [0.4, 0.5) is 0 Å². The Kier molecular flexibility index (Phi) is 6.57. The van der Waals surface area contributed by atoms with E-state index < -0.39 is 6.04 Å². The first-order valence-electron chi connectivity index (χ1n) is 10.2. The zero-order valence-corrected chi connectivity index (χ0v) is 17.6. The molecule has 0 saturated carbocycles. The molecule has 2 aromatic rings. The van der Waals surface area contributed by atoms with Crippen LogP contribution in [0.25, 0.3) is 0 Å². The minimum atomic E-state index is -0.417. The topological polar surface area (TPSA) is 58.6 Å². The molecule has 5 nitrogen and oxygen atoms in total. The first-order chi connectivity index (χ1) is 13.9. The Morgan fingerprint density at radius 2 is 1.72 bits per heavy atom. The van der Waals surface area contributed by atoms with Crippen molar-refractivity contribution in [1.82, 2.24) is 10.2 Å². The number of amides is 2. The van der Waals surface area contributed by atoms with Crippen molar-refractivity contribution >= 4 is 11.8 Å². The fourth-order valence-corrected chi connectivity index (χ4v) is 3.97. The lowest BCUT2D eigenvalue weighted by molar-refractivity contribution is -0.137. The Balaban J connectivity index is 1.94. The van der Waals surface area contributed by atoms with Crippen molar-refractivity contribution in [2.24, 2.45) is 0 Å². The fourth-order valence-electron chi connectivity index (χ4n) is 3.97. The third-order valence-corrected chi connectivity index (χ3v) is 5.63. The zero-order valence-electron chi connectivity index (χ0n) is 17.6. The third kappa shape index (κ3) is 4.61. The summed E-state index contributed by atoms with van der Waals surface area (Å²) in [4.78, 5) is 26.7. The lowest BCUT2D eigenvalue weighted by Crippen LogP contribution is -2.46. The zero-order chi connectivity index (χ0) is 21.0. The maximum absolute atomic E-state index is 13.1. The van der Waals surface area contributed by atoms with Crippen molar-refractivity contribution in [3.8, 4) is 5.75 Å². The Hall–Kier alpha value is -2.82. The highest BCUT2D eigenvalue weighted by molar-refractivity contribution is 5.88. The summed E-state index contributed by atoms with van der Waals surface area (Å²) in [7, 11) is 1.63. The molecule has 1 N–H and O–H groups in total. The summed E-state index contributed by atoms with van der Waals surface area (Å²) < 4.78 is 5.56. The molecule has 1 aliphatic heterocycles. The number of hydrogen-bond acceptors (Lipinski definition) is 3. The lowest BCUT2D eigenvalue weighted by Gasteiger charge is -2.27. The van der Waals surface area contributed by atoms with E-state index >= 15 is 0 Å². The number of hydrogen-bond donors (Lipinski definition) is 1. The van der Waals surface area contributed by atoms with E-state index in [0.717, 1.165) is 23.3 Å². The molecule has 2 atom stereocenters. The number of para-hydroxylation sites is 1. The molecule has 0 aromatic heterocycles. The largest absolute Gasteiger partial charge is 0.496 e. The summed E-state index contributed by atoms with van der Waals surface area (Å²) in [6.45, 7) is 6.47. The Morgan fingerprint density at radius 3 is 2.34 bits per heavy atom. The molecule has 0 spiro atoms. The molecule has 1 fully saturated rings. The van der Waals surface area contributed by atoms with E-state index in [-0.39, 0.29) is 17.9 Å². The lowest BCUT2D eigenvalue weighted by atomic mass is 9.94. The van der Waals surface area contributed by atoms with Crippen LogP contribution in [0.5, 0.6) is 5.75 Å². The van der Waals surface area contributed by atoms with Crippen molar-refractivity contribution in [3.05, 3.63) is 65.2 Å². The van der Waals surface area contributed by atoms with Crippen LogP contribution in [-0.2, 0) is 9.59 Å². The van der Waals surface area contributed by atoms with Crippen LogP contribution in [-0.4, -0.2) is 36.4 Å². The molecule has 5 heteroatoms. The van der Waals surface area contributed by atoms with E-state index in [1.165, 1.54) is 12.5 Å². The van der Waals surface area contributed by atoms with Gasteiger partial charge in [0.1, 0.15) is 11.8 Å². The maximum Gasteiger partial charge on any atom is 0.243 e. The summed E-state index contributed by atoms with van der Waals surface area (Å²) in [5.41, 5.74) is 3.13.